The zero-order valence-electron chi connectivity index (χ0n) is 10.2. The smallest absolute Gasteiger partial charge is 0.226 e. The van der Waals surface area contributed by atoms with Crippen LogP contribution in [-0.4, -0.2) is 35.0 Å². The molecule has 2 N–H and O–H groups in total. The lowest BCUT2D eigenvalue weighted by atomic mass is 10.2. The number of carbonyl (C=O) groups is 1. The van der Waals surface area contributed by atoms with Gasteiger partial charge in [0.05, 0.1) is 11.4 Å². The molecule has 1 aromatic heterocycles. The molecule has 4 nitrogen and oxygen atoms in total. The first-order chi connectivity index (χ1) is 8.65. The second kappa shape index (κ2) is 6.54. The molecular formula is C12H16BrN3OS. The van der Waals surface area contributed by atoms with Gasteiger partial charge in [-0.15, -0.1) is 0 Å². The normalized spacial score (nSPS) is 19.6. The van der Waals surface area contributed by atoms with E-state index in [-0.39, 0.29) is 11.9 Å². The van der Waals surface area contributed by atoms with Gasteiger partial charge in [-0.3, -0.25) is 4.79 Å². The van der Waals surface area contributed by atoms with Gasteiger partial charge in [-0.1, -0.05) is 0 Å². The summed E-state index contributed by atoms with van der Waals surface area (Å²) < 4.78 is 0.781. The molecule has 0 aliphatic carbocycles. The molecule has 1 fully saturated rings. The van der Waals surface area contributed by atoms with Crippen LogP contribution in [0.1, 0.15) is 12.1 Å². The molecule has 0 aromatic carbocycles. The fourth-order valence-electron chi connectivity index (χ4n) is 1.84. The predicted molar refractivity (Wildman–Crippen MR) is 79.0 cm³/mol. The van der Waals surface area contributed by atoms with E-state index in [0.717, 1.165) is 34.0 Å². The first kappa shape index (κ1) is 13.8. The Morgan fingerprint density at radius 3 is 3.17 bits per heavy atom. The maximum atomic E-state index is 11.9. The van der Waals surface area contributed by atoms with Crippen molar-refractivity contribution in [3.05, 3.63) is 22.4 Å². The molecule has 1 aromatic rings. The van der Waals surface area contributed by atoms with Crippen molar-refractivity contribution in [1.82, 2.24) is 10.3 Å². The van der Waals surface area contributed by atoms with Crippen molar-refractivity contribution in [1.29, 1.82) is 0 Å². The quantitative estimate of drug-likeness (QED) is 0.834. The second-order valence-corrected chi connectivity index (χ2v) is 6.21. The monoisotopic (exact) mass is 329 g/mol. The lowest BCUT2D eigenvalue weighted by Crippen LogP contribution is -2.39. The lowest BCUT2D eigenvalue weighted by Gasteiger charge is -2.22. The van der Waals surface area contributed by atoms with Crippen LogP contribution in [0.15, 0.2) is 16.7 Å². The number of aromatic nitrogens is 1. The second-order valence-electron chi connectivity index (χ2n) is 4.25. The number of amides is 1. The van der Waals surface area contributed by atoms with E-state index in [9.17, 15) is 4.79 Å². The number of carbonyl (C=O) groups excluding carboxylic acids is 1. The van der Waals surface area contributed by atoms with E-state index in [4.69, 9.17) is 0 Å². The molecule has 1 unspecified atom stereocenters. The molecule has 6 heteroatoms. The van der Waals surface area contributed by atoms with Crippen LogP contribution in [-0.2, 0) is 4.79 Å². The van der Waals surface area contributed by atoms with Gasteiger partial charge < -0.3 is 10.6 Å². The number of nitrogens with zero attached hydrogens (tertiary/aromatic N) is 1. The number of hydrogen-bond acceptors (Lipinski definition) is 4. The molecule has 1 amide bonds. The summed E-state index contributed by atoms with van der Waals surface area (Å²) in [6, 6.07) is 3.98. The van der Waals surface area contributed by atoms with Gasteiger partial charge in [-0.2, -0.15) is 11.8 Å². The van der Waals surface area contributed by atoms with Crippen molar-refractivity contribution in [2.75, 3.05) is 23.4 Å². The zero-order chi connectivity index (χ0) is 13.0. The first-order valence-corrected chi connectivity index (χ1v) is 7.84. The van der Waals surface area contributed by atoms with Crippen molar-refractivity contribution in [3.63, 3.8) is 0 Å². The van der Waals surface area contributed by atoms with Crippen LogP contribution in [0, 0.1) is 6.92 Å². The Bertz CT molecular complexity index is 435. The molecule has 98 valence electrons. The van der Waals surface area contributed by atoms with Crippen LogP contribution in [0.5, 0.6) is 0 Å². The lowest BCUT2D eigenvalue weighted by molar-refractivity contribution is -0.116. The number of thioether (sulfide) groups is 1. The summed E-state index contributed by atoms with van der Waals surface area (Å²) >= 11 is 5.20. The van der Waals surface area contributed by atoms with Gasteiger partial charge in [0.1, 0.15) is 4.60 Å². The SMILES string of the molecule is Cc1nc(Br)ccc1NC(=O)CC1CSCCN1. The minimum atomic E-state index is 0.0437. The molecular weight excluding hydrogens is 314 g/mol. The van der Waals surface area contributed by atoms with Gasteiger partial charge in [-0.05, 0) is 35.0 Å². The number of anilines is 1. The minimum Gasteiger partial charge on any atom is -0.324 e. The highest BCUT2D eigenvalue weighted by atomic mass is 79.9. The molecule has 2 heterocycles. The van der Waals surface area contributed by atoms with E-state index >= 15 is 0 Å². The van der Waals surface area contributed by atoms with Gasteiger partial charge in [0.25, 0.3) is 0 Å². The molecule has 1 atom stereocenters. The molecule has 1 aliphatic heterocycles. The summed E-state index contributed by atoms with van der Waals surface area (Å²) in [7, 11) is 0. The molecule has 0 bridgehead atoms. The maximum absolute atomic E-state index is 11.9. The van der Waals surface area contributed by atoms with Crippen molar-refractivity contribution >= 4 is 39.3 Å². The van der Waals surface area contributed by atoms with Gasteiger partial charge in [0.15, 0.2) is 0 Å². The Morgan fingerprint density at radius 2 is 2.50 bits per heavy atom. The average molecular weight is 330 g/mol. The summed E-state index contributed by atoms with van der Waals surface area (Å²) in [5.74, 6) is 2.18. The fraction of sp³-hybridized carbons (Fsp3) is 0.500. The van der Waals surface area contributed by atoms with E-state index in [1.165, 1.54) is 0 Å². The molecule has 0 saturated carbocycles. The van der Waals surface area contributed by atoms with Crippen molar-refractivity contribution in [3.8, 4) is 0 Å². The zero-order valence-corrected chi connectivity index (χ0v) is 12.6. The number of hydrogen-bond donors (Lipinski definition) is 2. The standard InChI is InChI=1S/C12H16BrN3OS/c1-8-10(2-3-11(13)15-8)16-12(17)6-9-7-18-5-4-14-9/h2-3,9,14H,4-7H2,1H3,(H,16,17). The third-order valence-electron chi connectivity index (χ3n) is 2.76. The Hall–Kier alpha value is -0.590. The molecule has 0 spiro atoms. The van der Waals surface area contributed by atoms with Crippen LogP contribution in [0.25, 0.3) is 0 Å². The van der Waals surface area contributed by atoms with Crippen molar-refractivity contribution in [2.45, 2.75) is 19.4 Å². The van der Waals surface area contributed by atoms with Crippen LogP contribution < -0.4 is 10.6 Å². The molecule has 1 saturated heterocycles. The molecule has 1 aliphatic rings. The summed E-state index contributed by atoms with van der Waals surface area (Å²) in [6.45, 7) is 2.87. The molecule has 0 radical (unpaired) electrons. The van der Waals surface area contributed by atoms with E-state index < -0.39 is 0 Å². The van der Waals surface area contributed by atoms with Crippen LogP contribution in [0.3, 0.4) is 0 Å². The van der Waals surface area contributed by atoms with E-state index in [1.54, 1.807) is 0 Å². The summed E-state index contributed by atoms with van der Waals surface area (Å²) in [6.07, 6.45) is 0.516. The van der Waals surface area contributed by atoms with Gasteiger partial charge in [-0.25, -0.2) is 4.98 Å². The average Bonchev–Trinajstić information content (AvgIpc) is 2.34. The number of nitrogens with one attached hydrogen (secondary N) is 2. The highest BCUT2D eigenvalue weighted by Crippen LogP contribution is 2.17. The number of halogens is 1. The molecule has 18 heavy (non-hydrogen) atoms. The Balaban J connectivity index is 1.90. The minimum absolute atomic E-state index is 0.0437. The van der Waals surface area contributed by atoms with E-state index in [1.807, 2.05) is 30.8 Å². The number of aryl methyl sites for hydroxylation is 1. The predicted octanol–water partition coefficient (Wildman–Crippen LogP) is 2.19. The maximum Gasteiger partial charge on any atom is 0.226 e. The third-order valence-corrected chi connectivity index (χ3v) is 4.33. The molecule has 2 rings (SSSR count). The van der Waals surface area contributed by atoms with Crippen molar-refractivity contribution < 1.29 is 4.79 Å². The first-order valence-electron chi connectivity index (χ1n) is 5.89. The highest BCUT2D eigenvalue weighted by molar-refractivity contribution is 9.10. The fourth-order valence-corrected chi connectivity index (χ4v) is 3.19. The Morgan fingerprint density at radius 1 is 1.67 bits per heavy atom. The van der Waals surface area contributed by atoms with Gasteiger partial charge in [0, 0.05) is 30.5 Å². The van der Waals surface area contributed by atoms with Crippen LogP contribution in [0.4, 0.5) is 5.69 Å². The number of pyridine rings is 1. The van der Waals surface area contributed by atoms with Crippen LogP contribution >= 0.6 is 27.7 Å². The highest BCUT2D eigenvalue weighted by Gasteiger charge is 2.17. The van der Waals surface area contributed by atoms with E-state index in [2.05, 4.69) is 31.5 Å². The summed E-state index contributed by atoms with van der Waals surface area (Å²) in [5.41, 5.74) is 1.61. The van der Waals surface area contributed by atoms with Gasteiger partial charge in [0.2, 0.25) is 5.91 Å². The topological polar surface area (TPSA) is 54.0 Å². The Labute approximate surface area is 119 Å². The van der Waals surface area contributed by atoms with Crippen molar-refractivity contribution in [2.24, 2.45) is 0 Å². The van der Waals surface area contributed by atoms with E-state index in [0.29, 0.717) is 6.42 Å². The largest absolute Gasteiger partial charge is 0.324 e. The third kappa shape index (κ3) is 3.96. The van der Waals surface area contributed by atoms with Crippen LogP contribution in [0.2, 0.25) is 0 Å². The van der Waals surface area contributed by atoms with Gasteiger partial charge >= 0.3 is 0 Å². The number of rotatable bonds is 3. The Kier molecular flexibility index (Phi) is 5.03. The summed E-state index contributed by atoms with van der Waals surface area (Å²) in [5, 5.41) is 6.27. The summed E-state index contributed by atoms with van der Waals surface area (Å²) in [4.78, 5) is 16.2.